The molecule has 26 heavy (non-hydrogen) atoms. The summed E-state index contributed by atoms with van der Waals surface area (Å²) in [6.45, 7) is 1.95. The predicted molar refractivity (Wildman–Crippen MR) is 107 cm³/mol. The molecule has 4 rings (SSSR count). The summed E-state index contributed by atoms with van der Waals surface area (Å²) in [4.78, 5) is 19.7. The van der Waals surface area contributed by atoms with Gasteiger partial charge >= 0.3 is 0 Å². The van der Waals surface area contributed by atoms with Crippen LogP contribution in [0.15, 0.2) is 23.7 Å². The highest BCUT2D eigenvalue weighted by molar-refractivity contribution is 8.24. The number of hydrogen-bond donors (Lipinski definition) is 4. The SMILES string of the molecule is Cc1nc(-c2cc(C(N)=O)c3[nH]cc(C4CCS(O)(O)CC4)c3c2)cs1. The number of aromatic nitrogens is 2. The molecule has 0 spiro atoms. The maximum Gasteiger partial charge on any atom is 0.250 e. The molecule has 1 aliphatic rings. The second kappa shape index (κ2) is 6.38. The smallest absolute Gasteiger partial charge is 0.250 e. The van der Waals surface area contributed by atoms with Gasteiger partial charge in [-0.05, 0) is 43.4 Å². The van der Waals surface area contributed by atoms with Gasteiger partial charge in [-0.1, -0.05) is 0 Å². The molecule has 6 nitrogen and oxygen atoms in total. The van der Waals surface area contributed by atoms with E-state index in [2.05, 4.69) is 16.0 Å². The third-order valence-electron chi connectivity index (χ3n) is 5.03. The number of carbonyl (C=O) groups is 1. The summed E-state index contributed by atoms with van der Waals surface area (Å²) >= 11 is 1.57. The number of thiazole rings is 1. The van der Waals surface area contributed by atoms with Crippen LogP contribution in [0.3, 0.4) is 0 Å². The topological polar surface area (TPSA) is 112 Å². The Labute approximate surface area is 156 Å². The van der Waals surface area contributed by atoms with E-state index in [1.807, 2.05) is 18.5 Å². The molecule has 1 saturated heterocycles. The number of nitrogens with zero attached hydrogens (tertiary/aromatic N) is 1. The van der Waals surface area contributed by atoms with Crippen molar-refractivity contribution in [1.82, 2.24) is 9.97 Å². The van der Waals surface area contributed by atoms with E-state index in [0.29, 0.717) is 17.1 Å². The first-order valence-corrected chi connectivity index (χ1v) is 11.2. The van der Waals surface area contributed by atoms with Crippen molar-refractivity contribution in [3.05, 3.63) is 39.8 Å². The van der Waals surface area contributed by atoms with Crippen LogP contribution >= 0.6 is 21.9 Å². The fourth-order valence-electron chi connectivity index (χ4n) is 3.65. The van der Waals surface area contributed by atoms with Gasteiger partial charge in [-0.3, -0.25) is 13.9 Å². The standard InChI is InChI=1S/C18H21N3O3S2/c1-10-21-16(9-25-10)12-6-13-15(11-2-4-26(23,24)5-3-11)8-20-17(13)14(7-12)18(19)22/h6-9,11,20,23-24H,2-5H2,1H3,(H2,19,22). The molecule has 1 amide bonds. The second-order valence-electron chi connectivity index (χ2n) is 6.79. The Morgan fingerprint density at radius 1 is 1.35 bits per heavy atom. The van der Waals surface area contributed by atoms with Crippen LogP contribution in [-0.4, -0.2) is 36.5 Å². The van der Waals surface area contributed by atoms with Gasteiger partial charge in [-0.25, -0.2) is 4.98 Å². The third-order valence-corrected chi connectivity index (χ3v) is 7.58. The fourth-order valence-corrected chi connectivity index (χ4v) is 5.80. The number of fused-ring (bicyclic) bond motifs is 1. The zero-order valence-electron chi connectivity index (χ0n) is 14.4. The van der Waals surface area contributed by atoms with Crippen molar-refractivity contribution in [3.8, 4) is 11.3 Å². The Bertz CT molecular complexity index is 983. The van der Waals surface area contributed by atoms with Gasteiger partial charge in [0.2, 0.25) is 0 Å². The largest absolute Gasteiger partial charge is 0.366 e. The van der Waals surface area contributed by atoms with Crippen LogP contribution in [0.4, 0.5) is 0 Å². The minimum Gasteiger partial charge on any atom is -0.366 e. The highest BCUT2D eigenvalue weighted by Crippen LogP contribution is 2.49. The average molecular weight is 392 g/mol. The van der Waals surface area contributed by atoms with E-state index in [-0.39, 0.29) is 5.92 Å². The molecule has 0 atom stereocenters. The summed E-state index contributed by atoms with van der Waals surface area (Å²) in [5.41, 5.74) is 9.62. The Kier molecular flexibility index (Phi) is 4.31. The Balaban J connectivity index is 1.83. The monoisotopic (exact) mass is 391 g/mol. The van der Waals surface area contributed by atoms with E-state index in [9.17, 15) is 13.9 Å². The molecule has 3 heterocycles. The lowest BCUT2D eigenvalue weighted by atomic mass is 9.91. The van der Waals surface area contributed by atoms with E-state index in [0.717, 1.165) is 45.6 Å². The summed E-state index contributed by atoms with van der Waals surface area (Å²) in [5.74, 6) is 0.613. The van der Waals surface area contributed by atoms with Gasteiger partial charge < -0.3 is 10.7 Å². The number of amides is 1. The van der Waals surface area contributed by atoms with Gasteiger partial charge in [0.1, 0.15) is 0 Å². The van der Waals surface area contributed by atoms with Crippen LogP contribution in [0.25, 0.3) is 22.2 Å². The number of aromatic amines is 1. The summed E-state index contributed by atoms with van der Waals surface area (Å²) in [5, 5.41) is 3.90. The number of aryl methyl sites for hydroxylation is 1. The molecular weight excluding hydrogens is 370 g/mol. The van der Waals surface area contributed by atoms with Gasteiger partial charge in [0.05, 0.1) is 21.8 Å². The maximum atomic E-state index is 12.0. The lowest BCUT2D eigenvalue weighted by Gasteiger charge is -2.39. The normalized spacial score (nSPS) is 18.9. The van der Waals surface area contributed by atoms with Crippen LogP contribution < -0.4 is 5.73 Å². The van der Waals surface area contributed by atoms with Crippen molar-refractivity contribution in [2.24, 2.45) is 5.73 Å². The Morgan fingerprint density at radius 3 is 2.69 bits per heavy atom. The zero-order valence-corrected chi connectivity index (χ0v) is 16.0. The number of rotatable bonds is 3. The van der Waals surface area contributed by atoms with E-state index >= 15 is 0 Å². The van der Waals surface area contributed by atoms with Crippen LogP contribution in [0.5, 0.6) is 0 Å². The molecule has 3 aromatic rings. The molecule has 0 unspecified atom stereocenters. The highest BCUT2D eigenvalue weighted by Gasteiger charge is 2.27. The molecule has 1 aromatic carbocycles. The molecule has 8 heteroatoms. The molecular formula is C18H21N3O3S2. The first-order valence-electron chi connectivity index (χ1n) is 8.45. The predicted octanol–water partition coefficient (Wildman–Crippen LogP) is 4.33. The quantitative estimate of drug-likeness (QED) is 0.532. The first-order chi connectivity index (χ1) is 12.3. The Hall–Kier alpha value is -1.87. The molecule has 5 N–H and O–H groups in total. The molecule has 2 aromatic heterocycles. The number of hydrogen-bond acceptors (Lipinski definition) is 5. The van der Waals surface area contributed by atoms with Gasteiger partial charge in [0.25, 0.3) is 5.91 Å². The van der Waals surface area contributed by atoms with E-state index in [4.69, 9.17) is 5.73 Å². The van der Waals surface area contributed by atoms with Crippen molar-refractivity contribution in [3.63, 3.8) is 0 Å². The Morgan fingerprint density at radius 2 is 2.08 bits per heavy atom. The van der Waals surface area contributed by atoms with E-state index < -0.39 is 16.5 Å². The fraction of sp³-hybridized carbons (Fsp3) is 0.333. The van der Waals surface area contributed by atoms with Crippen molar-refractivity contribution in [2.75, 3.05) is 11.5 Å². The van der Waals surface area contributed by atoms with Gasteiger partial charge in [-0.2, -0.15) is 10.6 Å². The van der Waals surface area contributed by atoms with Crippen molar-refractivity contribution >= 4 is 38.7 Å². The van der Waals surface area contributed by atoms with Crippen LogP contribution in [0.1, 0.15) is 39.7 Å². The molecule has 1 aliphatic heterocycles. The second-order valence-corrected chi connectivity index (χ2v) is 10.3. The third kappa shape index (κ3) is 3.14. The van der Waals surface area contributed by atoms with Crippen LogP contribution in [0, 0.1) is 6.92 Å². The van der Waals surface area contributed by atoms with Crippen LogP contribution in [0.2, 0.25) is 0 Å². The number of primary amides is 1. The first kappa shape index (κ1) is 17.5. The minimum atomic E-state index is -2.42. The summed E-state index contributed by atoms with van der Waals surface area (Å²) in [7, 11) is -2.42. The number of nitrogens with two attached hydrogens (primary N) is 1. The van der Waals surface area contributed by atoms with E-state index in [1.165, 1.54) is 0 Å². The lowest BCUT2D eigenvalue weighted by molar-refractivity contribution is 0.100. The number of H-pyrrole nitrogens is 1. The molecule has 138 valence electrons. The minimum absolute atomic E-state index is 0.233. The summed E-state index contributed by atoms with van der Waals surface area (Å²) < 4.78 is 19.8. The molecule has 0 aliphatic carbocycles. The lowest BCUT2D eigenvalue weighted by Crippen LogP contribution is -2.19. The van der Waals surface area contributed by atoms with Gasteiger partial charge in [-0.15, -0.1) is 11.3 Å². The van der Waals surface area contributed by atoms with Crippen LogP contribution in [-0.2, 0) is 0 Å². The van der Waals surface area contributed by atoms with E-state index in [1.54, 1.807) is 17.4 Å². The summed E-state index contributed by atoms with van der Waals surface area (Å²) in [6.07, 6.45) is 3.37. The number of nitrogens with one attached hydrogen (secondary N) is 1. The number of carbonyl (C=O) groups excluding carboxylic acids is 1. The molecule has 1 fully saturated rings. The van der Waals surface area contributed by atoms with Crippen molar-refractivity contribution in [1.29, 1.82) is 0 Å². The average Bonchev–Trinajstić information content (AvgIpc) is 3.20. The summed E-state index contributed by atoms with van der Waals surface area (Å²) in [6, 6.07) is 3.84. The highest BCUT2D eigenvalue weighted by atomic mass is 32.3. The number of benzene rings is 1. The molecule has 0 bridgehead atoms. The van der Waals surface area contributed by atoms with Crippen molar-refractivity contribution < 1.29 is 13.9 Å². The molecule has 0 radical (unpaired) electrons. The maximum absolute atomic E-state index is 12.0. The zero-order chi connectivity index (χ0) is 18.5. The van der Waals surface area contributed by atoms with Gasteiger partial charge in [0.15, 0.2) is 0 Å². The van der Waals surface area contributed by atoms with Crippen molar-refractivity contribution in [2.45, 2.75) is 25.7 Å². The molecule has 0 saturated carbocycles. The van der Waals surface area contributed by atoms with Gasteiger partial charge in [0, 0.05) is 34.0 Å².